The van der Waals surface area contributed by atoms with Crippen LogP contribution in [0.5, 0.6) is 0 Å². The van der Waals surface area contributed by atoms with E-state index in [1.807, 2.05) is 18.2 Å². The van der Waals surface area contributed by atoms with Crippen molar-refractivity contribution in [3.05, 3.63) is 41.6 Å². The maximum Gasteiger partial charge on any atom is 0.178 e. The van der Waals surface area contributed by atoms with Crippen molar-refractivity contribution in [1.82, 2.24) is 20.4 Å². The summed E-state index contributed by atoms with van der Waals surface area (Å²) in [5, 5.41) is 8.97. The lowest BCUT2D eigenvalue weighted by atomic mass is 10.2. The van der Waals surface area contributed by atoms with Gasteiger partial charge in [0.05, 0.1) is 6.54 Å². The van der Waals surface area contributed by atoms with Gasteiger partial charge in [-0.2, -0.15) is 0 Å². The number of benzene rings is 1. The first kappa shape index (κ1) is 11.2. The summed E-state index contributed by atoms with van der Waals surface area (Å²) in [6.45, 7) is 0.662. The molecule has 0 saturated carbocycles. The van der Waals surface area contributed by atoms with Crippen LogP contribution in [0.4, 0.5) is 5.82 Å². The summed E-state index contributed by atoms with van der Waals surface area (Å²) in [6.07, 6.45) is 0. The first-order valence-electron chi connectivity index (χ1n) is 5.51. The smallest absolute Gasteiger partial charge is 0.178 e. The van der Waals surface area contributed by atoms with E-state index < -0.39 is 0 Å². The van der Waals surface area contributed by atoms with Gasteiger partial charge in [-0.1, -0.05) is 47.3 Å². The number of aromatic nitrogens is 3. The Morgan fingerprint density at radius 2 is 2.17 bits per heavy atom. The summed E-state index contributed by atoms with van der Waals surface area (Å²) in [6, 6.07) is 10.1. The Hall–Kier alpha value is -1.86. The fourth-order valence-electron chi connectivity index (χ4n) is 1.76. The molecule has 0 atom stereocenters. The zero-order chi connectivity index (χ0) is 12.4. The molecular formula is C11H12N6S. The minimum Gasteiger partial charge on any atom is -0.303 e. The maximum absolute atomic E-state index is 5.38. The molecular weight excluding hydrogens is 248 g/mol. The lowest BCUT2D eigenvalue weighted by Gasteiger charge is -2.11. The minimum absolute atomic E-state index is 0.662. The van der Waals surface area contributed by atoms with E-state index in [1.165, 1.54) is 17.3 Å². The normalized spacial score (nSPS) is 13.9. The molecule has 18 heavy (non-hydrogen) atoms. The highest BCUT2D eigenvalue weighted by Crippen LogP contribution is 2.28. The summed E-state index contributed by atoms with van der Waals surface area (Å²) < 4.78 is 1.79. The third kappa shape index (κ3) is 2.09. The Morgan fingerprint density at radius 3 is 2.94 bits per heavy atom. The lowest BCUT2D eigenvalue weighted by molar-refractivity contribution is 0.653. The molecule has 1 aromatic carbocycles. The van der Waals surface area contributed by atoms with Crippen molar-refractivity contribution in [1.29, 1.82) is 0 Å². The molecule has 0 fully saturated rings. The molecule has 2 aromatic rings. The van der Waals surface area contributed by atoms with Crippen molar-refractivity contribution in [2.75, 3.05) is 0 Å². The molecule has 0 saturated heterocycles. The number of aliphatic imine (C=N–C) groups is 1. The predicted molar refractivity (Wildman–Crippen MR) is 71.3 cm³/mol. The molecule has 6 nitrogen and oxygen atoms in total. The second-order valence-electron chi connectivity index (χ2n) is 3.85. The highest BCUT2D eigenvalue weighted by molar-refractivity contribution is 8.13. The van der Waals surface area contributed by atoms with E-state index in [0.29, 0.717) is 11.7 Å². The fraction of sp³-hybridized carbons (Fsp3) is 0.182. The Kier molecular flexibility index (Phi) is 2.99. The zero-order valence-corrected chi connectivity index (χ0v) is 10.4. The van der Waals surface area contributed by atoms with Gasteiger partial charge in [-0.25, -0.2) is 15.5 Å². The minimum atomic E-state index is 0.662. The lowest BCUT2D eigenvalue weighted by Crippen LogP contribution is -2.28. The number of rotatable bonds is 2. The molecule has 0 amide bonds. The number of nitrogens with zero attached hydrogens (tertiary/aromatic N) is 4. The maximum atomic E-state index is 5.38. The van der Waals surface area contributed by atoms with Crippen LogP contribution in [0.25, 0.3) is 0 Å². The third-order valence-electron chi connectivity index (χ3n) is 2.63. The molecule has 1 aliphatic rings. The highest BCUT2D eigenvalue weighted by Gasteiger charge is 2.18. The molecule has 3 N–H and O–H groups in total. The number of hydrogen-bond donors (Lipinski definition) is 2. The van der Waals surface area contributed by atoms with Gasteiger partial charge in [0.2, 0.25) is 0 Å². The number of fused-ring (bicyclic) bond motifs is 1. The molecule has 2 heterocycles. The topological polar surface area (TPSA) is 81.1 Å². The molecule has 0 aliphatic carbocycles. The van der Waals surface area contributed by atoms with Gasteiger partial charge < -0.3 is 5.43 Å². The molecule has 7 heteroatoms. The van der Waals surface area contributed by atoms with Gasteiger partial charge in [0, 0.05) is 5.75 Å². The number of hydrazine groups is 1. The molecule has 3 rings (SSSR count). The van der Waals surface area contributed by atoms with Crippen LogP contribution in [0, 0.1) is 0 Å². The van der Waals surface area contributed by atoms with E-state index in [4.69, 9.17) is 5.84 Å². The van der Waals surface area contributed by atoms with Crippen LogP contribution in [0.3, 0.4) is 0 Å². The second-order valence-corrected chi connectivity index (χ2v) is 4.82. The summed E-state index contributed by atoms with van der Waals surface area (Å²) in [5.74, 6) is 6.91. The average Bonchev–Trinajstić information content (AvgIpc) is 2.82. The zero-order valence-electron chi connectivity index (χ0n) is 9.58. The summed E-state index contributed by atoms with van der Waals surface area (Å²) in [7, 11) is 0. The number of nitrogens with one attached hydrogen (secondary N) is 1. The van der Waals surface area contributed by atoms with Crippen molar-refractivity contribution in [3.8, 4) is 0 Å². The number of thioether (sulfide) groups is 1. The quantitative estimate of drug-likeness (QED) is 0.622. The Labute approximate surface area is 108 Å². The van der Waals surface area contributed by atoms with Crippen LogP contribution in [-0.4, -0.2) is 20.2 Å². The van der Waals surface area contributed by atoms with Gasteiger partial charge in [0.15, 0.2) is 11.0 Å². The van der Waals surface area contributed by atoms with Crippen LogP contribution in [0.15, 0.2) is 35.3 Å². The fourth-order valence-corrected chi connectivity index (χ4v) is 2.46. The molecule has 0 bridgehead atoms. The van der Waals surface area contributed by atoms with Gasteiger partial charge in [-0.15, -0.1) is 5.10 Å². The molecule has 0 spiro atoms. The number of nitrogens with two attached hydrogens (primary N) is 1. The van der Waals surface area contributed by atoms with E-state index in [0.717, 1.165) is 17.3 Å². The monoisotopic (exact) mass is 260 g/mol. The van der Waals surface area contributed by atoms with Crippen LogP contribution < -0.4 is 11.3 Å². The van der Waals surface area contributed by atoms with Gasteiger partial charge >= 0.3 is 0 Å². The van der Waals surface area contributed by atoms with E-state index in [1.54, 1.807) is 4.68 Å². The SMILES string of the molecule is NNC1=Nc2c(nnn2Cc2ccccc2)CS1. The van der Waals surface area contributed by atoms with Gasteiger partial charge in [-0.05, 0) is 5.56 Å². The summed E-state index contributed by atoms with van der Waals surface area (Å²) in [4.78, 5) is 4.40. The Morgan fingerprint density at radius 1 is 1.33 bits per heavy atom. The second kappa shape index (κ2) is 4.79. The Balaban J connectivity index is 1.92. The summed E-state index contributed by atoms with van der Waals surface area (Å²) in [5.41, 5.74) is 4.64. The van der Waals surface area contributed by atoms with Crippen LogP contribution in [0.2, 0.25) is 0 Å². The largest absolute Gasteiger partial charge is 0.303 e. The number of hydrogen-bond acceptors (Lipinski definition) is 6. The van der Waals surface area contributed by atoms with E-state index in [2.05, 4.69) is 32.9 Å². The van der Waals surface area contributed by atoms with Gasteiger partial charge in [-0.3, -0.25) is 0 Å². The first-order valence-corrected chi connectivity index (χ1v) is 6.50. The Bertz CT molecular complexity index is 576. The molecule has 92 valence electrons. The van der Waals surface area contributed by atoms with Crippen molar-refractivity contribution in [3.63, 3.8) is 0 Å². The highest BCUT2D eigenvalue weighted by atomic mass is 32.2. The van der Waals surface area contributed by atoms with Crippen LogP contribution >= 0.6 is 11.8 Å². The van der Waals surface area contributed by atoms with E-state index in [9.17, 15) is 0 Å². The van der Waals surface area contributed by atoms with E-state index in [-0.39, 0.29) is 0 Å². The van der Waals surface area contributed by atoms with Crippen molar-refractivity contribution in [2.45, 2.75) is 12.3 Å². The van der Waals surface area contributed by atoms with Crippen molar-refractivity contribution in [2.24, 2.45) is 10.8 Å². The van der Waals surface area contributed by atoms with Crippen molar-refractivity contribution >= 4 is 22.7 Å². The van der Waals surface area contributed by atoms with Crippen LogP contribution in [0.1, 0.15) is 11.3 Å². The first-order chi connectivity index (χ1) is 8.86. The van der Waals surface area contributed by atoms with Crippen molar-refractivity contribution < 1.29 is 0 Å². The standard InChI is InChI=1S/C11H12N6S/c12-14-11-13-10-9(7-18-11)15-16-17(10)6-8-4-2-1-3-5-8/h1-5H,6-7,12H2,(H,13,14). The average molecular weight is 260 g/mol. The molecule has 1 aliphatic heterocycles. The van der Waals surface area contributed by atoms with Crippen LogP contribution in [-0.2, 0) is 12.3 Å². The van der Waals surface area contributed by atoms with Gasteiger partial charge in [0.25, 0.3) is 0 Å². The van der Waals surface area contributed by atoms with E-state index >= 15 is 0 Å². The predicted octanol–water partition coefficient (Wildman–Crippen LogP) is 1.02. The molecule has 1 aromatic heterocycles. The molecule has 0 radical (unpaired) electrons. The third-order valence-corrected chi connectivity index (χ3v) is 3.53. The molecule has 0 unspecified atom stereocenters. The number of amidine groups is 1. The summed E-state index contributed by atoms with van der Waals surface area (Å²) >= 11 is 1.52. The van der Waals surface area contributed by atoms with Gasteiger partial charge in [0.1, 0.15) is 5.69 Å².